The molecule has 2 aromatic carbocycles. The van der Waals surface area contributed by atoms with E-state index >= 15 is 0 Å². The number of aromatic carboxylic acids is 1. The van der Waals surface area contributed by atoms with Crippen LogP contribution in [0.1, 0.15) is 41.3 Å². The van der Waals surface area contributed by atoms with Crippen LogP contribution in [0, 0.1) is 5.41 Å². The van der Waals surface area contributed by atoms with Gasteiger partial charge in [-0.15, -0.1) is 0 Å². The summed E-state index contributed by atoms with van der Waals surface area (Å²) in [7, 11) is 0. The van der Waals surface area contributed by atoms with Crippen molar-refractivity contribution >= 4 is 23.8 Å². The van der Waals surface area contributed by atoms with E-state index in [9.17, 15) is 19.5 Å². The number of carbonyl (C=O) groups excluding carboxylic acids is 2. The first kappa shape index (κ1) is 22.6. The van der Waals surface area contributed by atoms with Crippen molar-refractivity contribution in [1.82, 2.24) is 15.1 Å². The van der Waals surface area contributed by atoms with Crippen LogP contribution in [-0.2, 0) is 16.1 Å². The molecule has 0 bridgehead atoms. The van der Waals surface area contributed by atoms with Gasteiger partial charge in [-0.2, -0.15) is 5.10 Å². The van der Waals surface area contributed by atoms with Crippen molar-refractivity contribution in [3.8, 4) is 11.1 Å². The van der Waals surface area contributed by atoms with Crippen LogP contribution in [0.15, 0.2) is 54.7 Å². The molecule has 2 amide bonds. The Bertz CT molecular complexity index is 1280. The molecule has 0 radical (unpaired) electrons. The summed E-state index contributed by atoms with van der Waals surface area (Å²) in [5, 5.41) is 16.2. The van der Waals surface area contributed by atoms with Crippen molar-refractivity contribution in [3.63, 3.8) is 0 Å². The molecule has 2 aliphatic rings. The minimum absolute atomic E-state index is 0.0175. The first-order chi connectivity index (χ1) is 16.8. The number of nitrogens with one attached hydrogen (secondary N) is 1. The molecule has 0 spiro atoms. The summed E-state index contributed by atoms with van der Waals surface area (Å²) in [5.41, 5.74) is 3.54. The minimum Gasteiger partial charge on any atom is -0.477 e. The first-order valence-electron chi connectivity index (χ1n) is 11.5. The van der Waals surface area contributed by atoms with E-state index in [-0.39, 0.29) is 36.4 Å². The first-order valence-corrected chi connectivity index (χ1v) is 11.5. The van der Waals surface area contributed by atoms with Crippen LogP contribution < -0.4 is 10.2 Å². The molecular weight excluding hydrogens is 448 g/mol. The van der Waals surface area contributed by atoms with Gasteiger partial charge in [-0.1, -0.05) is 48.5 Å². The van der Waals surface area contributed by atoms with E-state index in [2.05, 4.69) is 34.7 Å². The van der Waals surface area contributed by atoms with Gasteiger partial charge >= 0.3 is 12.1 Å². The zero-order valence-corrected chi connectivity index (χ0v) is 19.5. The standard InChI is InChI=1S/C26H26N4O5/c1-26(2,24(33)29-11-12-30-22(29)20(13-28-30)23(31)32)15-27-25(34)35-14-21-18-9-5-3-7-16(18)17-8-4-6-10-19(17)21/h3-10,13,21H,11-12,14-15H2,1-2H3,(H,27,34)(H,31,32). The third-order valence-electron chi connectivity index (χ3n) is 6.68. The lowest BCUT2D eigenvalue weighted by Gasteiger charge is -2.29. The normalized spacial score (nSPS) is 14.3. The van der Waals surface area contributed by atoms with Gasteiger partial charge in [0, 0.05) is 19.0 Å². The molecule has 5 rings (SSSR count). The summed E-state index contributed by atoms with van der Waals surface area (Å²) in [6.07, 6.45) is 0.643. The number of ether oxygens (including phenoxy) is 1. The third kappa shape index (κ3) is 3.92. The van der Waals surface area contributed by atoms with Gasteiger partial charge in [-0.05, 0) is 36.1 Å². The third-order valence-corrected chi connectivity index (χ3v) is 6.68. The number of rotatable bonds is 6. The summed E-state index contributed by atoms with van der Waals surface area (Å²) >= 11 is 0. The molecule has 0 fully saturated rings. The van der Waals surface area contributed by atoms with E-state index in [1.165, 1.54) is 15.8 Å². The van der Waals surface area contributed by atoms with E-state index in [0.29, 0.717) is 13.1 Å². The Hall–Kier alpha value is -4.14. The van der Waals surface area contributed by atoms with Gasteiger partial charge in [0.15, 0.2) is 0 Å². The molecule has 1 aromatic heterocycles. The summed E-state index contributed by atoms with van der Waals surface area (Å²) in [4.78, 5) is 38.8. The van der Waals surface area contributed by atoms with E-state index < -0.39 is 17.5 Å². The number of carboxylic acids is 1. The molecule has 180 valence electrons. The molecule has 0 saturated heterocycles. The predicted molar refractivity (Wildman–Crippen MR) is 128 cm³/mol. The van der Waals surface area contributed by atoms with Gasteiger partial charge in [-0.3, -0.25) is 9.69 Å². The fourth-order valence-electron chi connectivity index (χ4n) is 4.86. The number of amides is 2. The summed E-state index contributed by atoms with van der Waals surface area (Å²) < 4.78 is 7.08. The maximum absolute atomic E-state index is 13.3. The van der Waals surface area contributed by atoms with Gasteiger partial charge in [0.05, 0.1) is 18.2 Å². The Kier molecular flexibility index (Phi) is 5.55. The molecule has 35 heavy (non-hydrogen) atoms. The lowest BCUT2D eigenvalue weighted by Crippen LogP contribution is -2.47. The predicted octanol–water partition coefficient (Wildman–Crippen LogP) is 3.49. The molecule has 2 N–H and O–H groups in total. The molecule has 9 nitrogen and oxygen atoms in total. The van der Waals surface area contributed by atoms with Gasteiger partial charge in [0.2, 0.25) is 5.91 Å². The Morgan fingerprint density at radius 2 is 1.69 bits per heavy atom. The van der Waals surface area contributed by atoms with Gasteiger partial charge in [-0.25, -0.2) is 14.3 Å². The lowest BCUT2D eigenvalue weighted by molar-refractivity contribution is -0.126. The van der Waals surface area contributed by atoms with Gasteiger partial charge < -0.3 is 15.2 Å². The highest BCUT2D eigenvalue weighted by molar-refractivity contribution is 6.03. The average Bonchev–Trinajstić information content (AvgIpc) is 3.53. The quantitative estimate of drug-likeness (QED) is 0.565. The number of hydrogen-bond donors (Lipinski definition) is 2. The number of nitrogens with zero attached hydrogens (tertiary/aromatic N) is 3. The monoisotopic (exact) mass is 474 g/mol. The average molecular weight is 475 g/mol. The fraction of sp³-hybridized carbons (Fsp3) is 0.308. The number of alkyl carbamates (subject to hydrolysis) is 1. The highest BCUT2D eigenvalue weighted by Gasteiger charge is 2.39. The largest absolute Gasteiger partial charge is 0.477 e. The van der Waals surface area contributed by atoms with E-state index in [1.54, 1.807) is 13.8 Å². The van der Waals surface area contributed by atoms with Crippen LogP contribution in [0.4, 0.5) is 10.6 Å². The molecule has 1 aliphatic heterocycles. The number of hydrogen-bond acceptors (Lipinski definition) is 5. The molecule has 3 aromatic rings. The van der Waals surface area contributed by atoms with E-state index in [4.69, 9.17) is 4.74 Å². The van der Waals surface area contributed by atoms with Crippen molar-refractivity contribution in [2.24, 2.45) is 5.41 Å². The number of aromatic nitrogens is 2. The highest BCUT2D eigenvalue weighted by atomic mass is 16.5. The van der Waals surface area contributed by atoms with Crippen LogP contribution in [0.2, 0.25) is 0 Å². The number of carbonyl (C=O) groups is 3. The Morgan fingerprint density at radius 1 is 1.06 bits per heavy atom. The zero-order valence-electron chi connectivity index (χ0n) is 19.5. The summed E-state index contributed by atoms with van der Waals surface area (Å²) in [6, 6.07) is 16.2. The van der Waals surface area contributed by atoms with Crippen molar-refractivity contribution in [2.75, 3.05) is 24.6 Å². The van der Waals surface area contributed by atoms with Crippen molar-refractivity contribution in [2.45, 2.75) is 26.3 Å². The molecule has 0 unspecified atom stereocenters. The molecule has 9 heteroatoms. The van der Waals surface area contributed by atoms with Crippen LogP contribution in [0.5, 0.6) is 0 Å². The maximum Gasteiger partial charge on any atom is 0.407 e. The SMILES string of the molecule is CC(C)(CNC(=O)OCC1c2ccccc2-c2ccccc21)C(=O)N1CCn2ncc(C(=O)O)c21. The number of benzene rings is 2. The summed E-state index contributed by atoms with van der Waals surface area (Å²) in [6.45, 7) is 4.38. The summed E-state index contributed by atoms with van der Waals surface area (Å²) in [5.74, 6) is -1.21. The Balaban J connectivity index is 1.22. The Labute approximate surface area is 202 Å². The number of carboxylic acid groups (broad SMARTS) is 1. The molecule has 2 heterocycles. The van der Waals surface area contributed by atoms with Crippen LogP contribution in [0.25, 0.3) is 11.1 Å². The Morgan fingerprint density at radius 3 is 2.31 bits per heavy atom. The van der Waals surface area contributed by atoms with Crippen molar-refractivity contribution in [1.29, 1.82) is 0 Å². The number of anilines is 1. The minimum atomic E-state index is -1.14. The number of fused-ring (bicyclic) bond motifs is 4. The van der Waals surface area contributed by atoms with Gasteiger partial charge in [0.1, 0.15) is 18.0 Å². The zero-order chi connectivity index (χ0) is 24.7. The smallest absolute Gasteiger partial charge is 0.407 e. The second-order valence-corrected chi connectivity index (χ2v) is 9.43. The van der Waals surface area contributed by atoms with Crippen LogP contribution >= 0.6 is 0 Å². The topological polar surface area (TPSA) is 114 Å². The lowest BCUT2D eigenvalue weighted by atomic mass is 9.91. The van der Waals surface area contributed by atoms with Crippen molar-refractivity contribution < 1.29 is 24.2 Å². The van der Waals surface area contributed by atoms with Gasteiger partial charge in [0.25, 0.3) is 0 Å². The van der Waals surface area contributed by atoms with E-state index in [1.807, 2.05) is 24.3 Å². The fourth-order valence-corrected chi connectivity index (χ4v) is 4.86. The maximum atomic E-state index is 13.3. The molecular formula is C26H26N4O5. The van der Waals surface area contributed by atoms with Crippen LogP contribution in [0.3, 0.4) is 0 Å². The molecule has 0 atom stereocenters. The highest BCUT2D eigenvalue weighted by Crippen LogP contribution is 2.44. The second-order valence-electron chi connectivity index (χ2n) is 9.43. The second kappa shape index (κ2) is 8.57. The molecule has 0 saturated carbocycles. The van der Waals surface area contributed by atoms with E-state index in [0.717, 1.165) is 22.3 Å². The van der Waals surface area contributed by atoms with Crippen molar-refractivity contribution in [3.05, 3.63) is 71.4 Å². The van der Waals surface area contributed by atoms with Crippen LogP contribution in [-0.4, -0.2) is 52.6 Å². The molecule has 1 aliphatic carbocycles.